The van der Waals surface area contributed by atoms with Gasteiger partial charge in [-0.1, -0.05) is 32.0 Å². The third-order valence-electron chi connectivity index (χ3n) is 5.30. The first-order valence-corrected chi connectivity index (χ1v) is 9.11. The number of carboxylic acids is 1. The van der Waals surface area contributed by atoms with E-state index in [1.54, 1.807) is 24.0 Å². The van der Waals surface area contributed by atoms with E-state index in [9.17, 15) is 14.4 Å². The lowest BCUT2D eigenvalue weighted by Gasteiger charge is -2.37. The summed E-state index contributed by atoms with van der Waals surface area (Å²) in [6.07, 6.45) is 1.33. The SMILES string of the molecule is CC(C)C(C)(CC(=O)O)NC(=O)C1CCCN(C(=O)c2ccccc2)C1. The first-order chi connectivity index (χ1) is 12.2. The minimum Gasteiger partial charge on any atom is -0.481 e. The minimum absolute atomic E-state index is 0.0202. The van der Waals surface area contributed by atoms with E-state index in [1.807, 2.05) is 32.0 Å². The Morgan fingerprint density at radius 2 is 1.92 bits per heavy atom. The molecule has 1 aliphatic rings. The van der Waals surface area contributed by atoms with Crippen molar-refractivity contribution in [2.24, 2.45) is 11.8 Å². The molecule has 2 rings (SSSR count). The van der Waals surface area contributed by atoms with Gasteiger partial charge in [0, 0.05) is 24.2 Å². The molecule has 6 heteroatoms. The Kier molecular flexibility index (Phi) is 6.40. The summed E-state index contributed by atoms with van der Waals surface area (Å²) in [6.45, 7) is 6.55. The summed E-state index contributed by atoms with van der Waals surface area (Å²) in [6, 6.07) is 9.05. The van der Waals surface area contributed by atoms with Gasteiger partial charge in [0.15, 0.2) is 0 Å². The zero-order valence-corrected chi connectivity index (χ0v) is 15.7. The van der Waals surface area contributed by atoms with Gasteiger partial charge in [0.05, 0.1) is 12.3 Å². The molecular formula is C20H28N2O4. The van der Waals surface area contributed by atoms with Gasteiger partial charge in [-0.15, -0.1) is 0 Å². The maximum atomic E-state index is 12.8. The lowest BCUT2D eigenvalue weighted by Crippen LogP contribution is -2.55. The quantitative estimate of drug-likeness (QED) is 0.816. The highest BCUT2D eigenvalue weighted by atomic mass is 16.4. The number of hydrogen-bond donors (Lipinski definition) is 2. The number of rotatable bonds is 6. The van der Waals surface area contributed by atoms with Crippen molar-refractivity contribution in [3.8, 4) is 0 Å². The van der Waals surface area contributed by atoms with Crippen molar-refractivity contribution >= 4 is 17.8 Å². The molecule has 26 heavy (non-hydrogen) atoms. The summed E-state index contributed by atoms with van der Waals surface area (Å²) in [5.41, 5.74) is -0.194. The molecule has 0 aliphatic carbocycles. The van der Waals surface area contributed by atoms with E-state index < -0.39 is 11.5 Å². The molecule has 2 N–H and O–H groups in total. The topological polar surface area (TPSA) is 86.7 Å². The Balaban J connectivity index is 2.05. The van der Waals surface area contributed by atoms with Crippen molar-refractivity contribution in [3.05, 3.63) is 35.9 Å². The monoisotopic (exact) mass is 360 g/mol. The van der Waals surface area contributed by atoms with Gasteiger partial charge in [0.1, 0.15) is 0 Å². The van der Waals surface area contributed by atoms with Crippen LogP contribution in [0.1, 0.15) is 50.4 Å². The second-order valence-corrected chi connectivity index (χ2v) is 7.59. The Hall–Kier alpha value is -2.37. The number of amides is 2. The van der Waals surface area contributed by atoms with Crippen LogP contribution in [-0.4, -0.2) is 46.4 Å². The molecule has 1 aromatic carbocycles. The summed E-state index contributed by atoms with van der Waals surface area (Å²) >= 11 is 0. The molecule has 0 bridgehead atoms. The van der Waals surface area contributed by atoms with Gasteiger partial charge in [-0.2, -0.15) is 0 Å². The predicted molar refractivity (Wildman–Crippen MR) is 98.7 cm³/mol. The van der Waals surface area contributed by atoms with E-state index in [2.05, 4.69) is 5.32 Å². The number of benzene rings is 1. The summed E-state index contributed by atoms with van der Waals surface area (Å²) in [7, 11) is 0. The molecule has 0 aromatic heterocycles. The molecule has 2 amide bonds. The number of nitrogens with one attached hydrogen (secondary N) is 1. The van der Waals surface area contributed by atoms with Gasteiger partial charge >= 0.3 is 5.97 Å². The number of nitrogens with zero attached hydrogens (tertiary/aromatic N) is 1. The maximum Gasteiger partial charge on any atom is 0.305 e. The van der Waals surface area contributed by atoms with E-state index in [4.69, 9.17) is 5.11 Å². The van der Waals surface area contributed by atoms with Crippen molar-refractivity contribution in [1.82, 2.24) is 10.2 Å². The lowest BCUT2D eigenvalue weighted by atomic mass is 9.84. The van der Waals surface area contributed by atoms with Crippen LogP contribution >= 0.6 is 0 Å². The molecule has 1 fully saturated rings. The zero-order chi connectivity index (χ0) is 19.3. The fraction of sp³-hybridized carbons (Fsp3) is 0.550. The smallest absolute Gasteiger partial charge is 0.305 e. The number of carbonyl (C=O) groups is 3. The molecule has 1 saturated heterocycles. The summed E-state index contributed by atoms with van der Waals surface area (Å²) in [4.78, 5) is 38.3. The summed E-state index contributed by atoms with van der Waals surface area (Å²) in [5.74, 6) is -1.52. The van der Waals surface area contributed by atoms with Gasteiger partial charge in [0.25, 0.3) is 5.91 Å². The van der Waals surface area contributed by atoms with Crippen molar-refractivity contribution < 1.29 is 19.5 Å². The third kappa shape index (κ3) is 4.84. The largest absolute Gasteiger partial charge is 0.481 e. The number of piperidine rings is 1. The molecular weight excluding hydrogens is 332 g/mol. The fourth-order valence-electron chi connectivity index (χ4n) is 3.23. The Morgan fingerprint density at radius 1 is 1.27 bits per heavy atom. The number of aliphatic carboxylic acids is 1. The number of likely N-dealkylation sites (tertiary alicyclic amines) is 1. The zero-order valence-electron chi connectivity index (χ0n) is 15.7. The van der Waals surface area contributed by atoms with E-state index in [1.165, 1.54) is 0 Å². The van der Waals surface area contributed by atoms with Crippen LogP contribution in [0, 0.1) is 11.8 Å². The molecule has 0 saturated carbocycles. The van der Waals surface area contributed by atoms with Crippen LogP contribution in [0.15, 0.2) is 30.3 Å². The highest BCUT2D eigenvalue weighted by Gasteiger charge is 2.36. The van der Waals surface area contributed by atoms with Crippen LogP contribution in [0.25, 0.3) is 0 Å². The van der Waals surface area contributed by atoms with E-state index >= 15 is 0 Å². The Bertz CT molecular complexity index is 659. The number of carbonyl (C=O) groups excluding carboxylic acids is 2. The second kappa shape index (κ2) is 8.34. The molecule has 1 heterocycles. The molecule has 2 atom stereocenters. The Labute approximate surface area is 154 Å². The molecule has 6 nitrogen and oxygen atoms in total. The average Bonchev–Trinajstić information content (AvgIpc) is 2.61. The van der Waals surface area contributed by atoms with Crippen LogP contribution in [0.4, 0.5) is 0 Å². The van der Waals surface area contributed by atoms with Crippen molar-refractivity contribution in [1.29, 1.82) is 0 Å². The highest BCUT2D eigenvalue weighted by molar-refractivity contribution is 5.94. The van der Waals surface area contributed by atoms with Crippen LogP contribution in [-0.2, 0) is 9.59 Å². The van der Waals surface area contributed by atoms with Gasteiger partial charge in [-0.05, 0) is 37.8 Å². The molecule has 0 spiro atoms. The standard InChI is InChI=1S/C20H28N2O4/c1-14(2)20(3,12-17(23)24)21-18(25)16-10-7-11-22(13-16)19(26)15-8-5-4-6-9-15/h4-6,8-9,14,16H,7,10-13H2,1-3H3,(H,21,25)(H,23,24). The normalized spacial score (nSPS) is 19.7. The van der Waals surface area contributed by atoms with E-state index in [-0.39, 0.29) is 30.1 Å². The van der Waals surface area contributed by atoms with Crippen LogP contribution < -0.4 is 5.32 Å². The van der Waals surface area contributed by atoms with Crippen molar-refractivity contribution in [2.45, 2.75) is 45.6 Å². The maximum absolute atomic E-state index is 12.8. The summed E-state index contributed by atoms with van der Waals surface area (Å²) in [5, 5.41) is 12.1. The van der Waals surface area contributed by atoms with Gasteiger partial charge in [-0.3, -0.25) is 14.4 Å². The van der Waals surface area contributed by atoms with Gasteiger partial charge in [-0.25, -0.2) is 0 Å². The first-order valence-electron chi connectivity index (χ1n) is 9.11. The second-order valence-electron chi connectivity index (χ2n) is 7.59. The average molecular weight is 360 g/mol. The summed E-state index contributed by atoms with van der Waals surface area (Å²) < 4.78 is 0. The lowest BCUT2D eigenvalue weighted by molar-refractivity contribution is -0.140. The minimum atomic E-state index is -0.939. The molecule has 0 radical (unpaired) electrons. The van der Waals surface area contributed by atoms with Crippen molar-refractivity contribution in [3.63, 3.8) is 0 Å². The molecule has 1 aromatic rings. The molecule has 142 valence electrons. The third-order valence-corrected chi connectivity index (χ3v) is 5.30. The van der Waals surface area contributed by atoms with Gasteiger partial charge in [0.2, 0.25) is 5.91 Å². The van der Waals surface area contributed by atoms with E-state index in [0.717, 1.165) is 6.42 Å². The van der Waals surface area contributed by atoms with Crippen LogP contribution in [0.3, 0.4) is 0 Å². The fourth-order valence-corrected chi connectivity index (χ4v) is 3.23. The Morgan fingerprint density at radius 3 is 2.50 bits per heavy atom. The van der Waals surface area contributed by atoms with Crippen LogP contribution in [0.5, 0.6) is 0 Å². The van der Waals surface area contributed by atoms with Gasteiger partial charge < -0.3 is 15.3 Å². The molecule has 1 aliphatic heterocycles. The molecule has 2 unspecified atom stereocenters. The van der Waals surface area contributed by atoms with Crippen LogP contribution in [0.2, 0.25) is 0 Å². The predicted octanol–water partition coefficient (Wildman–Crippen LogP) is 2.54. The number of hydrogen-bond acceptors (Lipinski definition) is 3. The number of carboxylic acid groups (broad SMARTS) is 1. The first kappa shape index (κ1) is 19.9. The van der Waals surface area contributed by atoms with E-state index in [0.29, 0.717) is 25.1 Å². The van der Waals surface area contributed by atoms with Crippen molar-refractivity contribution in [2.75, 3.05) is 13.1 Å². The highest BCUT2D eigenvalue weighted by Crippen LogP contribution is 2.24.